The Hall–Kier alpha value is -0.990. The summed E-state index contributed by atoms with van der Waals surface area (Å²) in [5.41, 5.74) is 0. The van der Waals surface area contributed by atoms with Crippen LogP contribution in [0.4, 0.5) is 0 Å². The van der Waals surface area contributed by atoms with Crippen LogP contribution in [0.25, 0.3) is 0 Å². The Morgan fingerprint density at radius 2 is 1.11 bits per heavy atom. The third kappa shape index (κ3) is 6.65. The smallest absolute Gasteiger partial charge is 0.132 e. The zero-order valence-electron chi connectivity index (χ0n) is 12.6. The van der Waals surface area contributed by atoms with Crippen molar-refractivity contribution in [3.8, 4) is 0 Å². The van der Waals surface area contributed by atoms with Gasteiger partial charge in [-0.25, -0.2) is 15.0 Å². The van der Waals surface area contributed by atoms with Crippen molar-refractivity contribution >= 4 is 0 Å². The maximum atomic E-state index is 4.62. The van der Waals surface area contributed by atoms with Crippen molar-refractivity contribution in [3.63, 3.8) is 0 Å². The third-order valence-corrected chi connectivity index (χ3v) is 3.18. The van der Waals surface area contributed by atoms with Crippen molar-refractivity contribution in [2.24, 2.45) is 0 Å². The first-order chi connectivity index (χ1) is 9.30. The second-order valence-corrected chi connectivity index (χ2v) is 5.10. The lowest BCUT2D eigenvalue weighted by atomic mass is 10.2. The first-order valence-corrected chi connectivity index (χ1v) is 7.82. The number of hydrogen-bond donors (Lipinski definition) is 0. The highest BCUT2D eigenvalue weighted by molar-refractivity contribution is 4.98. The molecule has 0 saturated carbocycles. The van der Waals surface area contributed by atoms with Crippen molar-refractivity contribution in [1.29, 1.82) is 0 Å². The van der Waals surface area contributed by atoms with E-state index in [0.717, 1.165) is 43.2 Å². The highest BCUT2D eigenvalue weighted by Crippen LogP contribution is 2.07. The first-order valence-electron chi connectivity index (χ1n) is 7.82. The van der Waals surface area contributed by atoms with Crippen LogP contribution in [-0.2, 0) is 19.3 Å². The van der Waals surface area contributed by atoms with Crippen LogP contribution in [-0.4, -0.2) is 15.0 Å². The summed E-state index contributed by atoms with van der Waals surface area (Å²) in [5, 5.41) is 0. The Labute approximate surface area is 118 Å². The molecule has 0 aliphatic carbocycles. The van der Waals surface area contributed by atoms with E-state index in [1.165, 1.54) is 38.5 Å². The van der Waals surface area contributed by atoms with Crippen LogP contribution in [0.1, 0.15) is 76.3 Å². The van der Waals surface area contributed by atoms with Crippen molar-refractivity contribution < 1.29 is 0 Å². The van der Waals surface area contributed by atoms with Crippen LogP contribution in [0, 0.1) is 6.92 Å². The molecule has 0 N–H and O–H groups in total. The standard InChI is InChI=1S/C16H28N3/c1-4-7-9-12-15-17-14(11-6-3)18-16(19-15)13-10-8-5-2/h3-13H2,1-2H3. The van der Waals surface area contributed by atoms with Gasteiger partial charge in [-0.2, -0.15) is 0 Å². The average Bonchev–Trinajstić information content (AvgIpc) is 2.40. The molecule has 3 heteroatoms. The number of aromatic nitrogens is 3. The van der Waals surface area contributed by atoms with Gasteiger partial charge in [-0.1, -0.05) is 46.5 Å². The molecule has 0 aliphatic heterocycles. The van der Waals surface area contributed by atoms with Gasteiger partial charge in [-0.15, -0.1) is 0 Å². The van der Waals surface area contributed by atoms with E-state index < -0.39 is 0 Å². The maximum absolute atomic E-state index is 4.62. The first kappa shape index (κ1) is 16.1. The van der Waals surface area contributed by atoms with Crippen LogP contribution in [0.2, 0.25) is 0 Å². The molecule has 0 unspecified atom stereocenters. The van der Waals surface area contributed by atoms with Crippen molar-refractivity contribution in [1.82, 2.24) is 15.0 Å². The summed E-state index contributed by atoms with van der Waals surface area (Å²) in [7, 11) is 0. The van der Waals surface area contributed by atoms with Crippen molar-refractivity contribution in [2.45, 2.75) is 78.1 Å². The van der Waals surface area contributed by atoms with Crippen LogP contribution < -0.4 is 0 Å². The summed E-state index contributed by atoms with van der Waals surface area (Å²) in [6.07, 6.45) is 11.0. The summed E-state index contributed by atoms with van der Waals surface area (Å²) >= 11 is 0. The molecule has 1 heterocycles. The van der Waals surface area contributed by atoms with Crippen LogP contribution in [0.15, 0.2) is 0 Å². The fourth-order valence-corrected chi connectivity index (χ4v) is 2.08. The monoisotopic (exact) mass is 262 g/mol. The molecule has 0 amide bonds. The molecule has 0 saturated heterocycles. The van der Waals surface area contributed by atoms with E-state index in [9.17, 15) is 0 Å². The van der Waals surface area contributed by atoms with E-state index in [2.05, 4.69) is 35.7 Å². The van der Waals surface area contributed by atoms with Gasteiger partial charge in [0, 0.05) is 19.3 Å². The number of nitrogens with zero attached hydrogens (tertiary/aromatic N) is 3. The highest BCUT2D eigenvalue weighted by Gasteiger charge is 2.06. The van der Waals surface area contributed by atoms with E-state index in [0.29, 0.717) is 0 Å². The molecule has 0 aliphatic rings. The number of aryl methyl sites for hydroxylation is 3. The van der Waals surface area contributed by atoms with Gasteiger partial charge >= 0.3 is 0 Å². The predicted molar refractivity (Wildman–Crippen MR) is 80.0 cm³/mol. The van der Waals surface area contributed by atoms with E-state index in [4.69, 9.17) is 0 Å². The zero-order valence-corrected chi connectivity index (χ0v) is 12.6. The summed E-state index contributed by atoms with van der Waals surface area (Å²) < 4.78 is 0. The number of rotatable bonds is 10. The lowest BCUT2D eigenvalue weighted by Gasteiger charge is -2.06. The molecule has 0 aromatic carbocycles. The van der Waals surface area contributed by atoms with E-state index in [1.807, 2.05) is 0 Å². The number of unbranched alkanes of at least 4 members (excludes halogenated alkanes) is 4. The van der Waals surface area contributed by atoms with E-state index in [-0.39, 0.29) is 0 Å². The normalized spacial score (nSPS) is 10.9. The van der Waals surface area contributed by atoms with Gasteiger partial charge < -0.3 is 0 Å². The third-order valence-electron chi connectivity index (χ3n) is 3.18. The molecule has 1 aromatic rings. The summed E-state index contributed by atoms with van der Waals surface area (Å²) in [5.74, 6) is 2.90. The molecule has 1 rings (SSSR count). The summed E-state index contributed by atoms with van der Waals surface area (Å²) in [6.45, 7) is 8.33. The minimum Gasteiger partial charge on any atom is -0.218 e. The largest absolute Gasteiger partial charge is 0.218 e. The van der Waals surface area contributed by atoms with Gasteiger partial charge in [-0.3, -0.25) is 0 Å². The van der Waals surface area contributed by atoms with Gasteiger partial charge in [0.2, 0.25) is 0 Å². The predicted octanol–water partition coefficient (Wildman–Crippen LogP) is 4.10. The Morgan fingerprint density at radius 3 is 1.47 bits per heavy atom. The SMILES string of the molecule is [CH2]CCc1nc(CCCCC)nc(CCCCC)n1. The topological polar surface area (TPSA) is 38.7 Å². The molecule has 1 radical (unpaired) electrons. The quantitative estimate of drug-likeness (QED) is 0.596. The Kier molecular flexibility index (Phi) is 8.35. The van der Waals surface area contributed by atoms with Gasteiger partial charge in [-0.05, 0) is 19.3 Å². The summed E-state index contributed by atoms with van der Waals surface area (Å²) in [6, 6.07) is 0. The number of hydrogen-bond acceptors (Lipinski definition) is 3. The fraction of sp³-hybridized carbons (Fsp3) is 0.750. The Balaban J connectivity index is 2.66. The molecule has 107 valence electrons. The van der Waals surface area contributed by atoms with Gasteiger partial charge in [0.1, 0.15) is 17.5 Å². The molecule has 1 aromatic heterocycles. The minimum absolute atomic E-state index is 0.854. The minimum atomic E-state index is 0.854. The molecular weight excluding hydrogens is 234 g/mol. The Bertz CT molecular complexity index is 322. The average molecular weight is 262 g/mol. The molecule has 0 atom stereocenters. The highest BCUT2D eigenvalue weighted by atomic mass is 15.0. The van der Waals surface area contributed by atoms with Crippen LogP contribution in [0.5, 0.6) is 0 Å². The molecule has 0 fully saturated rings. The van der Waals surface area contributed by atoms with Crippen molar-refractivity contribution in [3.05, 3.63) is 24.4 Å². The van der Waals surface area contributed by atoms with Gasteiger partial charge in [0.05, 0.1) is 0 Å². The fourth-order valence-electron chi connectivity index (χ4n) is 2.08. The van der Waals surface area contributed by atoms with E-state index >= 15 is 0 Å². The van der Waals surface area contributed by atoms with Crippen molar-refractivity contribution in [2.75, 3.05) is 0 Å². The lowest BCUT2D eigenvalue weighted by Crippen LogP contribution is -2.08. The van der Waals surface area contributed by atoms with Crippen LogP contribution >= 0.6 is 0 Å². The molecule has 0 bridgehead atoms. The molecule has 3 nitrogen and oxygen atoms in total. The lowest BCUT2D eigenvalue weighted by molar-refractivity contribution is 0.646. The molecule has 0 spiro atoms. The van der Waals surface area contributed by atoms with E-state index in [1.54, 1.807) is 0 Å². The summed E-state index contributed by atoms with van der Waals surface area (Å²) in [4.78, 5) is 13.7. The van der Waals surface area contributed by atoms with Gasteiger partial charge in [0.15, 0.2) is 0 Å². The van der Waals surface area contributed by atoms with Gasteiger partial charge in [0.25, 0.3) is 0 Å². The second-order valence-electron chi connectivity index (χ2n) is 5.10. The van der Waals surface area contributed by atoms with Crippen LogP contribution in [0.3, 0.4) is 0 Å². The molecular formula is C16H28N3. The Morgan fingerprint density at radius 1 is 0.684 bits per heavy atom. The maximum Gasteiger partial charge on any atom is 0.132 e. The second kappa shape index (κ2) is 9.88. The zero-order chi connectivity index (χ0) is 13.9. The molecule has 19 heavy (non-hydrogen) atoms.